The SMILES string of the molecule is Oc1ccccc1C=CCc1ccc(Br)cc1. The molecule has 0 saturated heterocycles. The number of hydrogen-bond donors (Lipinski definition) is 1. The van der Waals surface area contributed by atoms with E-state index in [0.29, 0.717) is 5.75 Å². The highest BCUT2D eigenvalue weighted by molar-refractivity contribution is 9.10. The summed E-state index contributed by atoms with van der Waals surface area (Å²) in [5.41, 5.74) is 2.10. The molecule has 0 saturated carbocycles. The Labute approximate surface area is 110 Å². The number of rotatable bonds is 3. The predicted octanol–water partition coefficient (Wildman–Crippen LogP) is 4.41. The molecule has 2 heteroatoms. The average Bonchev–Trinajstić information content (AvgIpc) is 2.34. The lowest BCUT2D eigenvalue weighted by Crippen LogP contribution is -1.80. The van der Waals surface area contributed by atoms with Gasteiger partial charge in [0.2, 0.25) is 0 Å². The van der Waals surface area contributed by atoms with Crippen LogP contribution in [0.15, 0.2) is 59.1 Å². The molecule has 0 amide bonds. The van der Waals surface area contributed by atoms with E-state index < -0.39 is 0 Å². The normalized spacial score (nSPS) is 10.9. The van der Waals surface area contributed by atoms with Crippen LogP contribution in [0.25, 0.3) is 6.08 Å². The lowest BCUT2D eigenvalue weighted by Gasteiger charge is -1.98. The van der Waals surface area contributed by atoms with Crippen LogP contribution in [0.4, 0.5) is 0 Å². The molecule has 86 valence electrons. The van der Waals surface area contributed by atoms with Crippen molar-refractivity contribution in [2.24, 2.45) is 0 Å². The monoisotopic (exact) mass is 288 g/mol. The highest BCUT2D eigenvalue weighted by atomic mass is 79.9. The molecule has 0 bridgehead atoms. The van der Waals surface area contributed by atoms with Crippen molar-refractivity contribution in [3.05, 3.63) is 70.2 Å². The minimum atomic E-state index is 0.319. The Bertz CT molecular complexity index is 515. The first-order valence-corrected chi connectivity index (χ1v) is 6.24. The Morgan fingerprint density at radius 1 is 1.00 bits per heavy atom. The number of benzene rings is 2. The molecule has 0 unspecified atom stereocenters. The zero-order chi connectivity index (χ0) is 12.1. The van der Waals surface area contributed by atoms with E-state index in [1.807, 2.05) is 36.4 Å². The molecule has 0 radical (unpaired) electrons. The molecule has 0 aliphatic carbocycles. The molecule has 0 spiro atoms. The van der Waals surface area contributed by atoms with E-state index in [4.69, 9.17) is 0 Å². The fraction of sp³-hybridized carbons (Fsp3) is 0.0667. The van der Waals surface area contributed by atoms with E-state index in [-0.39, 0.29) is 0 Å². The Morgan fingerprint density at radius 3 is 2.41 bits per heavy atom. The zero-order valence-electron chi connectivity index (χ0n) is 9.31. The van der Waals surface area contributed by atoms with Crippen LogP contribution < -0.4 is 0 Å². The van der Waals surface area contributed by atoms with Crippen molar-refractivity contribution in [2.75, 3.05) is 0 Å². The van der Waals surface area contributed by atoms with E-state index in [9.17, 15) is 5.11 Å². The van der Waals surface area contributed by atoms with Crippen molar-refractivity contribution in [3.8, 4) is 5.75 Å². The van der Waals surface area contributed by atoms with Crippen LogP contribution in [0, 0.1) is 0 Å². The van der Waals surface area contributed by atoms with Crippen molar-refractivity contribution in [1.29, 1.82) is 0 Å². The number of halogens is 1. The molecule has 0 aliphatic rings. The standard InChI is InChI=1S/C15H13BrO/c16-14-10-8-12(9-11-14)4-3-6-13-5-1-2-7-15(13)17/h1-3,5-11,17H,4H2. The first-order chi connectivity index (χ1) is 8.25. The van der Waals surface area contributed by atoms with Crippen LogP contribution in [0.2, 0.25) is 0 Å². The lowest BCUT2D eigenvalue weighted by atomic mass is 10.1. The summed E-state index contributed by atoms with van der Waals surface area (Å²) in [7, 11) is 0. The van der Waals surface area contributed by atoms with Gasteiger partial charge in [0.25, 0.3) is 0 Å². The Hall–Kier alpha value is -1.54. The molecule has 2 rings (SSSR count). The van der Waals surface area contributed by atoms with Gasteiger partial charge in [-0.15, -0.1) is 0 Å². The van der Waals surface area contributed by atoms with Gasteiger partial charge in [-0.25, -0.2) is 0 Å². The quantitative estimate of drug-likeness (QED) is 0.887. The molecule has 1 N–H and O–H groups in total. The average molecular weight is 289 g/mol. The van der Waals surface area contributed by atoms with E-state index in [1.54, 1.807) is 6.07 Å². The number of phenolic OH excluding ortho intramolecular Hbond substituents is 1. The Kier molecular flexibility index (Phi) is 3.99. The number of aromatic hydroxyl groups is 1. The fourth-order valence-electron chi connectivity index (χ4n) is 1.57. The summed E-state index contributed by atoms with van der Waals surface area (Å²) in [5, 5.41) is 9.59. The highest BCUT2D eigenvalue weighted by Gasteiger charge is 1.94. The van der Waals surface area contributed by atoms with E-state index in [2.05, 4.69) is 34.1 Å². The third kappa shape index (κ3) is 3.46. The van der Waals surface area contributed by atoms with Gasteiger partial charge in [0.1, 0.15) is 5.75 Å². The Balaban J connectivity index is 2.03. The highest BCUT2D eigenvalue weighted by Crippen LogP contribution is 2.17. The summed E-state index contributed by atoms with van der Waals surface area (Å²) in [6.07, 6.45) is 4.86. The number of allylic oxidation sites excluding steroid dienone is 1. The molecule has 2 aromatic carbocycles. The van der Waals surface area contributed by atoms with Crippen LogP contribution in [0.3, 0.4) is 0 Å². The molecule has 0 atom stereocenters. The largest absolute Gasteiger partial charge is 0.507 e. The van der Waals surface area contributed by atoms with Crippen molar-refractivity contribution in [3.63, 3.8) is 0 Å². The van der Waals surface area contributed by atoms with E-state index >= 15 is 0 Å². The van der Waals surface area contributed by atoms with Crippen molar-refractivity contribution >= 4 is 22.0 Å². The molecule has 1 nitrogen and oxygen atoms in total. The summed E-state index contributed by atoms with van der Waals surface area (Å²) in [6, 6.07) is 15.6. The summed E-state index contributed by atoms with van der Waals surface area (Å²) in [6.45, 7) is 0. The number of para-hydroxylation sites is 1. The van der Waals surface area contributed by atoms with Gasteiger partial charge in [0, 0.05) is 10.0 Å². The van der Waals surface area contributed by atoms with Gasteiger partial charge in [-0.2, -0.15) is 0 Å². The topological polar surface area (TPSA) is 20.2 Å². The minimum Gasteiger partial charge on any atom is -0.507 e. The third-order valence-electron chi connectivity index (χ3n) is 2.50. The van der Waals surface area contributed by atoms with Crippen molar-refractivity contribution in [1.82, 2.24) is 0 Å². The molecule has 0 aliphatic heterocycles. The maximum absolute atomic E-state index is 9.59. The molecule has 2 aromatic rings. The summed E-state index contributed by atoms with van der Waals surface area (Å²) in [5.74, 6) is 0.319. The van der Waals surface area contributed by atoms with Gasteiger partial charge in [-0.05, 0) is 30.2 Å². The molecule has 0 heterocycles. The molecular weight excluding hydrogens is 276 g/mol. The first kappa shape index (κ1) is 11.9. The van der Waals surface area contributed by atoms with Crippen LogP contribution >= 0.6 is 15.9 Å². The van der Waals surface area contributed by atoms with Crippen LogP contribution in [0.1, 0.15) is 11.1 Å². The van der Waals surface area contributed by atoms with Crippen LogP contribution in [0.5, 0.6) is 5.75 Å². The smallest absolute Gasteiger partial charge is 0.122 e. The van der Waals surface area contributed by atoms with Gasteiger partial charge < -0.3 is 5.11 Å². The molecule has 0 aromatic heterocycles. The second kappa shape index (κ2) is 5.69. The van der Waals surface area contributed by atoms with Crippen molar-refractivity contribution in [2.45, 2.75) is 6.42 Å². The summed E-state index contributed by atoms with van der Waals surface area (Å²) >= 11 is 3.41. The van der Waals surface area contributed by atoms with Crippen LogP contribution in [-0.4, -0.2) is 5.11 Å². The Morgan fingerprint density at radius 2 is 1.71 bits per heavy atom. The first-order valence-electron chi connectivity index (χ1n) is 5.45. The second-order valence-corrected chi connectivity index (χ2v) is 4.71. The summed E-state index contributed by atoms with van der Waals surface area (Å²) < 4.78 is 1.09. The lowest BCUT2D eigenvalue weighted by molar-refractivity contribution is 0.474. The molecule has 17 heavy (non-hydrogen) atoms. The van der Waals surface area contributed by atoms with Gasteiger partial charge in [-0.1, -0.05) is 58.4 Å². The van der Waals surface area contributed by atoms with Gasteiger partial charge >= 0.3 is 0 Å². The van der Waals surface area contributed by atoms with Gasteiger partial charge in [0.15, 0.2) is 0 Å². The number of phenols is 1. The molecular formula is C15H13BrO. The van der Waals surface area contributed by atoms with E-state index in [0.717, 1.165) is 16.5 Å². The fourth-order valence-corrected chi connectivity index (χ4v) is 1.84. The number of hydrogen-bond acceptors (Lipinski definition) is 1. The minimum absolute atomic E-state index is 0.319. The van der Waals surface area contributed by atoms with Gasteiger partial charge in [-0.3, -0.25) is 0 Å². The molecule has 0 fully saturated rings. The van der Waals surface area contributed by atoms with E-state index in [1.165, 1.54) is 5.56 Å². The predicted molar refractivity (Wildman–Crippen MR) is 75.0 cm³/mol. The maximum Gasteiger partial charge on any atom is 0.122 e. The zero-order valence-corrected chi connectivity index (χ0v) is 10.9. The van der Waals surface area contributed by atoms with Crippen LogP contribution in [-0.2, 0) is 6.42 Å². The maximum atomic E-state index is 9.59. The second-order valence-electron chi connectivity index (χ2n) is 3.79. The van der Waals surface area contributed by atoms with Crippen molar-refractivity contribution < 1.29 is 5.11 Å². The third-order valence-corrected chi connectivity index (χ3v) is 3.03. The summed E-state index contributed by atoms with van der Waals surface area (Å²) in [4.78, 5) is 0. The van der Waals surface area contributed by atoms with Gasteiger partial charge in [0.05, 0.1) is 0 Å².